The lowest BCUT2D eigenvalue weighted by Crippen LogP contribution is -2.30. The molecule has 0 saturated carbocycles. The predicted molar refractivity (Wildman–Crippen MR) is 104 cm³/mol. The molecule has 0 spiro atoms. The zero-order chi connectivity index (χ0) is 19.1. The molecule has 2 aromatic rings. The Bertz CT molecular complexity index is 866. The van der Waals surface area contributed by atoms with Crippen molar-refractivity contribution in [3.63, 3.8) is 0 Å². The van der Waals surface area contributed by atoms with Gasteiger partial charge in [0.15, 0.2) is 0 Å². The molecule has 8 heteroatoms. The summed E-state index contributed by atoms with van der Waals surface area (Å²) in [5.41, 5.74) is 0.977. The van der Waals surface area contributed by atoms with Gasteiger partial charge in [0.1, 0.15) is 5.82 Å². The first-order valence-electron chi connectivity index (χ1n) is 9.06. The van der Waals surface area contributed by atoms with Crippen LogP contribution in [0, 0.1) is 0 Å². The van der Waals surface area contributed by atoms with Crippen LogP contribution in [-0.4, -0.2) is 38.9 Å². The quantitative estimate of drug-likeness (QED) is 0.718. The minimum absolute atomic E-state index is 0.0540. The number of aromatic nitrogens is 1. The molecule has 1 amide bonds. The van der Waals surface area contributed by atoms with Gasteiger partial charge in [-0.15, -0.1) is 0 Å². The van der Waals surface area contributed by atoms with Crippen LogP contribution >= 0.6 is 0 Å². The van der Waals surface area contributed by atoms with E-state index in [1.807, 2.05) is 12.1 Å². The number of hydrogen-bond acceptors (Lipinski definition) is 5. The van der Waals surface area contributed by atoms with Crippen LogP contribution in [0.3, 0.4) is 0 Å². The number of carbonyl (C=O) groups excluding carboxylic acids is 1. The van der Waals surface area contributed by atoms with Gasteiger partial charge in [0.25, 0.3) is 0 Å². The van der Waals surface area contributed by atoms with Crippen LogP contribution in [-0.2, 0) is 21.4 Å². The van der Waals surface area contributed by atoms with E-state index in [-0.39, 0.29) is 23.8 Å². The molecule has 1 aromatic heterocycles. The van der Waals surface area contributed by atoms with Crippen LogP contribution < -0.4 is 14.9 Å². The second kappa shape index (κ2) is 8.96. The molecule has 1 aliphatic rings. The molecule has 2 heterocycles. The van der Waals surface area contributed by atoms with Gasteiger partial charge in [-0.2, -0.15) is 0 Å². The van der Waals surface area contributed by atoms with E-state index < -0.39 is 10.0 Å². The lowest BCUT2D eigenvalue weighted by atomic mass is 10.2. The normalized spacial score (nSPS) is 14.3. The molecule has 27 heavy (non-hydrogen) atoms. The fourth-order valence-corrected chi connectivity index (χ4v) is 4.01. The highest BCUT2D eigenvalue weighted by Gasteiger charge is 2.15. The van der Waals surface area contributed by atoms with Gasteiger partial charge in [-0.1, -0.05) is 18.2 Å². The SMILES string of the molecule is O=C(CCNS(=O)(=O)c1ccccc1)NCc1ccnc(N2CCCC2)c1. The maximum absolute atomic E-state index is 12.1. The summed E-state index contributed by atoms with van der Waals surface area (Å²) in [5, 5.41) is 2.82. The highest BCUT2D eigenvalue weighted by atomic mass is 32.2. The Morgan fingerprint density at radius 3 is 2.59 bits per heavy atom. The fraction of sp³-hybridized carbons (Fsp3) is 0.368. The van der Waals surface area contributed by atoms with E-state index in [4.69, 9.17) is 0 Å². The van der Waals surface area contributed by atoms with Gasteiger partial charge >= 0.3 is 0 Å². The molecule has 0 bridgehead atoms. The highest BCUT2D eigenvalue weighted by molar-refractivity contribution is 7.89. The molecule has 1 aliphatic heterocycles. The van der Waals surface area contributed by atoms with Crippen LogP contribution in [0.4, 0.5) is 5.82 Å². The van der Waals surface area contributed by atoms with Crippen LogP contribution in [0.25, 0.3) is 0 Å². The number of anilines is 1. The van der Waals surface area contributed by atoms with Crippen molar-refractivity contribution in [3.05, 3.63) is 54.2 Å². The summed E-state index contributed by atoms with van der Waals surface area (Å²) in [7, 11) is -3.58. The Labute approximate surface area is 159 Å². The summed E-state index contributed by atoms with van der Waals surface area (Å²) in [4.78, 5) is 18.8. The lowest BCUT2D eigenvalue weighted by molar-refractivity contribution is -0.121. The summed E-state index contributed by atoms with van der Waals surface area (Å²) >= 11 is 0. The summed E-state index contributed by atoms with van der Waals surface area (Å²) in [5.74, 6) is 0.736. The molecular formula is C19H24N4O3S. The minimum atomic E-state index is -3.58. The third-order valence-corrected chi connectivity index (χ3v) is 5.90. The van der Waals surface area contributed by atoms with E-state index in [0.717, 1.165) is 24.5 Å². The van der Waals surface area contributed by atoms with Crippen LogP contribution in [0.2, 0.25) is 0 Å². The molecule has 1 aromatic carbocycles. The van der Waals surface area contributed by atoms with E-state index in [0.29, 0.717) is 6.54 Å². The van der Waals surface area contributed by atoms with E-state index >= 15 is 0 Å². The molecular weight excluding hydrogens is 364 g/mol. The zero-order valence-corrected chi connectivity index (χ0v) is 15.9. The van der Waals surface area contributed by atoms with Crippen LogP contribution in [0.5, 0.6) is 0 Å². The largest absolute Gasteiger partial charge is 0.357 e. The van der Waals surface area contributed by atoms with Gasteiger partial charge < -0.3 is 10.2 Å². The van der Waals surface area contributed by atoms with Crippen molar-refractivity contribution in [3.8, 4) is 0 Å². The molecule has 0 unspecified atom stereocenters. The number of pyridine rings is 1. The first-order chi connectivity index (χ1) is 13.0. The number of nitrogens with one attached hydrogen (secondary N) is 2. The number of benzene rings is 1. The number of amides is 1. The Balaban J connectivity index is 1.44. The Morgan fingerprint density at radius 2 is 1.85 bits per heavy atom. The summed E-state index contributed by atoms with van der Waals surface area (Å²) < 4.78 is 26.6. The van der Waals surface area contributed by atoms with E-state index in [2.05, 4.69) is 19.9 Å². The van der Waals surface area contributed by atoms with E-state index in [1.165, 1.54) is 25.0 Å². The van der Waals surface area contributed by atoms with Crippen molar-refractivity contribution in [2.24, 2.45) is 0 Å². The topological polar surface area (TPSA) is 91.4 Å². The molecule has 144 valence electrons. The van der Waals surface area contributed by atoms with Crippen molar-refractivity contribution in [1.82, 2.24) is 15.0 Å². The zero-order valence-electron chi connectivity index (χ0n) is 15.1. The third kappa shape index (κ3) is 5.51. The second-order valence-electron chi connectivity index (χ2n) is 6.45. The number of rotatable bonds is 8. The minimum Gasteiger partial charge on any atom is -0.357 e. The monoisotopic (exact) mass is 388 g/mol. The summed E-state index contributed by atoms with van der Waals surface area (Å²) in [6, 6.07) is 12.0. The van der Waals surface area contributed by atoms with Crippen molar-refractivity contribution in [2.45, 2.75) is 30.7 Å². The van der Waals surface area contributed by atoms with Crippen LogP contribution in [0.15, 0.2) is 53.6 Å². The molecule has 1 fully saturated rings. The van der Waals surface area contributed by atoms with E-state index in [1.54, 1.807) is 24.4 Å². The Hall–Kier alpha value is -2.45. The lowest BCUT2D eigenvalue weighted by Gasteiger charge is -2.17. The first-order valence-corrected chi connectivity index (χ1v) is 10.5. The molecule has 2 N–H and O–H groups in total. The molecule has 3 rings (SSSR count). The summed E-state index contributed by atoms with van der Waals surface area (Å²) in [6.07, 6.45) is 4.20. The second-order valence-corrected chi connectivity index (χ2v) is 8.22. The number of sulfonamides is 1. The molecule has 0 aliphatic carbocycles. The van der Waals surface area contributed by atoms with Crippen molar-refractivity contribution >= 4 is 21.7 Å². The van der Waals surface area contributed by atoms with Gasteiger partial charge in [0.05, 0.1) is 4.90 Å². The molecule has 0 atom stereocenters. The van der Waals surface area contributed by atoms with Crippen LogP contribution in [0.1, 0.15) is 24.8 Å². The number of carbonyl (C=O) groups is 1. The van der Waals surface area contributed by atoms with Gasteiger partial charge in [-0.3, -0.25) is 4.79 Å². The first kappa shape index (κ1) is 19.3. The smallest absolute Gasteiger partial charge is 0.240 e. The molecule has 7 nitrogen and oxygen atoms in total. The Kier molecular flexibility index (Phi) is 6.41. The average molecular weight is 388 g/mol. The van der Waals surface area contributed by atoms with Gasteiger partial charge in [0.2, 0.25) is 15.9 Å². The van der Waals surface area contributed by atoms with Crippen molar-refractivity contribution in [1.29, 1.82) is 0 Å². The maximum Gasteiger partial charge on any atom is 0.240 e. The maximum atomic E-state index is 12.1. The fourth-order valence-electron chi connectivity index (χ4n) is 2.96. The van der Waals surface area contributed by atoms with Crippen molar-refractivity contribution in [2.75, 3.05) is 24.5 Å². The van der Waals surface area contributed by atoms with Gasteiger partial charge in [-0.05, 0) is 42.7 Å². The van der Waals surface area contributed by atoms with Crippen molar-refractivity contribution < 1.29 is 13.2 Å². The number of hydrogen-bond donors (Lipinski definition) is 2. The molecule has 0 radical (unpaired) electrons. The van der Waals surface area contributed by atoms with Gasteiger partial charge in [-0.25, -0.2) is 18.1 Å². The standard InChI is InChI=1S/C19H24N4O3S/c24-19(9-11-22-27(25,26)17-6-2-1-3-7-17)21-15-16-8-10-20-18(14-16)23-12-4-5-13-23/h1-3,6-8,10,14,22H,4-5,9,11-13,15H2,(H,21,24). The molecule has 1 saturated heterocycles. The average Bonchev–Trinajstić information content (AvgIpc) is 3.22. The van der Waals surface area contributed by atoms with Gasteiger partial charge in [0, 0.05) is 38.8 Å². The Morgan fingerprint density at radius 1 is 1.11 bits per heavy atom. The van der Waals surface area contributed by atoms with E-state index in [9.17, 15) is 13.2 Å². The number of nitrogens with zero attached hydrogens (tertiary/aromatic N) is 2. The summed E-state index contributed by atoms with van der Waals surface area (Å²) in [6.45, 7) is 2.49. The third-order valence-electron chi connectivity index (χ3n) is 4.43. The predicted octanol–water partition coefficient (Wildman–Crippen LogP) is 1.67. The highest BCUT2D eigenvalue weighted by Crippen LogP contribution is 2.18.